The van der Waals surface area contributed by atoms with Crippen LogP contribution in [0.15, 0.2) is 97.2 Å². The van der Waals surface area contributed by atoms with Crippen molar-refractivity contribution in [1.82, 2.24) is 4.98 Å². The third-order valence-corrected chi connectivity index (χ3v) is 4.18. The summed E-state index contributed by atoms with van der Waals surface area (Å²) in [6, 6.07) is 29.0. The second kappa shape index (κ2) is 6.70. The highest BCUT2D eigenvalue weighted by molar-refractivity contribution is 5.84. The maximum atomic E-state index is 13.6. The van der Waals surface area contributed by atoms with E-state index in [9.17, 15) is 4.39 Å². The lowest BCUT2D eigenvalue weighted by atomic mass is 9.96. The summed E-state index contributed by atoms with van der Waals surface area (Å²) >= 11 is 0. The second-order valence-electron chi connectivity index (χ2n) is 5.86. The van der Waals surface area contributed by atoms with Gasteiger partial charge >= 0.3 is 0 Å². The van der Waals surface area contributed by atoms with Crippen molar-refractivity contribution in [2.24, 2.45) is 0 Å². The molecule has 120 valence electrons. The van der Waals surface area contributed by atoms with E-state index >= 15 is 0 Å². The molecule has 0 bridgehead atoms. The molecule has 0 unspecified atom stereocenters. The van der Waals surface area contributed by atoms with Gasteiger partial charge in [0, 0.05) is 22.9 Å². The topological polar surface area (TPSA) is 12.9 Å². The van der Waals surface area contributed by atoms with Crippen molar-refractivity contribution >= 4 is 0 Å². The Morgan fingerprint density at radius 3 is 1.88 bits per heavy atom. The SMILES string of the molecule is Fc1cccc(-c2cnc(-c3ccccc3)c(-c3ccccc3)c2)c1. The fourth-order valence-corrected chi connectivity index (χ4v) is 2.95. The van der Waals surface area contributed by atoms with Crippen LogP contribution in [0.2, 0.25) is 0 Å². The maximum Gasteiger partial charge on any atom is 0.123 e. The van der Waals surface area contributed by atoms with E-state index < -0.39 is 0 Å². The Morgan fingerprint density at radius 2 is 1.20 bits per heavy atom. The summed E-state index contributed by atoms with van der Waals surface area (Å²) in [7, 11) is 0. The first-order valence-electron chi connectivity index (χ1n) is 8.18. The maximum absolute atomic E-state index is 13.6. The molecule has 25 heavy (non-hydrogen) atoms. The first-order valence-corrected chi connectivity index (χ1v) is 8.18. The molecule has 1 heterocycles. The molecule has 0 aliphatic rings. The predicted molar refractivity (Wildman–Crippen MR) is 101 cm³/mol. The van der Waals surface area contributed by atoms with Crippen LogP contribution in [0, 0.1) is 5.82 Å². The van der Waals surface area contributed by atoms with E-state index in [1.54, 1.807) is 6.07 Å². The number of benzene rings is 3. The van der Waals surface area contributed by atoms with Crippen LogP contribution in [0.1, 0.15) is 0 Å². The monoisotopic (exact) mass is 325 g/mol. The number of rotatable bonds is 3. The largest absolute Gasteiger partial charge is 0.255 e. The van der Waals surface area contributed by atoms with Gasteiger partial charge in [0.05, 0.1) is 5.69 Å². The molecule has 0 aliphatic carbocycles. The number of nitrogens with zero attached hydrogens (tertiary/aromatic N) is 1. The summed E-state index contributed by atoms with van der Waals surface area (Å²) in [6.45, 7) is 0. The normalized spacial score (nSPS) is 10.6. The lowest BCUT2D eigenvalue weighted by Crippen LogP contribution is -1.91. The van der Waals surface area contributed by atoms with Crippen LogP contribution in [-0.2, 0) is 0 Å². The molecule has 0 saturated heterocycles. The molecule has 0 N–H and O–H groups in total. The summed E-state index contributed by atoms with van der Waals surface area (Å²) in [6.07, 6.45) is 1.81. The standard InChI is InChI=1S/C23H16FN/c24-21-13-7-12-19(14-21)20-15-22(17-8-3-1-4-9-17)23(25-16-20)18-10-5-2-6-11-18/h1-16H. The molecule has 0 radical (unpaired) electrons. The predicted octanol–water partition coefficient (Wildman–Crippen LogP) is 6.22. The molecule has 2 heteroatoms. The summed E-state index contributed by atoms with van der Waals surface area (Å²) in [4.78, 5) is 4.71. The Hall–Kier alpha value is -3.26. The van der Waals surface area contributed by atoms with Crippen LogP contribution in [-0.4, -0.2) is 4.98 Å². The zero-order valence-corrected chi connectivity index (χ0v) is 13.6. The van der Waals surface area contributed by atoms with Crippen molar-refractivity contribution in [3.63, 3.8) is 0 Å². The van der Waals surface area contributed by atoms with Crippen molar-refractivity contribution < 1.29 is 4.39 Å². The summed E-state index contributed by atoms with van der Waals surface area (Å²) < 4.78 is 13.6. The molecule has 0 saturated carbocycles. The van der Waals surface area contributed by atoms with Gasteiger partial charge in [-0.1, -0.05) is 72.8 Å². The average molecular weight is 325 g/mol. The van der Waals surface area contributed by atoms with E-state index in [2.05, 4.69) is 30.3 Å². The molecule has 1 nitrogen and oxygen atoms in total. The fourth-order valence-electron chi connectivity index (χ4n) is 2.95. The van der Waals surface area contributed by atoms with Crippen LogP contribution >= 0.6 is 0 Å². The third-order valence-electron chi connectivity index (χ3n) is 4.18. The first-order chi connectivity index (χ1) is 12.3. The van der Waals surface area contributed by atoms with Crippen molar-refractivity contribution in [3.05, 3.63) is 103 Å². The van der Waals surface area contributed by atoms with Crippen molar-refractivity contribution in [2.45, 2.75) is 0 Å². The van der Waals surface area contributed by atoms with Gasteiger partial charge < -0.3 is 0 Å². The highest BCUT2D eigenvalue weighted by Gasteiger charge is 2.11. The van der Waals surface area contributed by atoms with Gasteiger partial charge in [-0.3, -0.25) is 4.98 Å². The minimum Gasteiger partial charge on any atom is -0.255 e. The molecular weight excluding hydrogens is 309 g/mol. The minimum atomic E-state index is -0.245. The lowest BCUT2D eigenvalue weighted by molar-refractivity contribution is 0.628. The van der Waals surface area contributed by atoms with E-state index in [0.717, 1.165) is 33.5 Å². The zero-order chi connectivity index (χ0) is 17.1. The van der Waals surface area contributed by atoms with E-state index in [1.807, 2.05) is 48.7 Å². The van der Waals surface area contributed by atoms with E-state index in [4.69, 9.17) is 4.98 Å². The molecule has 0 spiro atoms. The minimum absolute atomic E-state index is 0.245. The number of pyridine rings is 1. The first kappa shape index (κ1) is 15.3. The fraction of sp³-hybridized carbons (Fsp3) is 0. The van der Waals surface area contributed by atoms with Gasteiger partial charge in [0.15, 0.2) is 0 Å². The Bertz CT molecular complexity index is 995. The van der Waals surface area contributed by atoms with Gasteiger partial charge in [-0.05, 0) is 29.3 Å². The number of aromatic nitrogens is 1. The molecule has 1 aromatic heterocycles. The van der Waals surface area contributed by atoms with Crippen LogP contribution in [0.4, 0.5) is 4.39 Å². The van der Waals surface area contributed by atoms with Gasteiger partial charge in [-0.2, -0.15) is 0 Å². The van der Waals surface area contributed by atoms with Crippen LogP contribution in [0.25, 0.3) is 33.5 Å². The lowest BCUT2D eigenvalue weighted by Gasteiger charge is -2.12. The molecule has 4 aromatic rings. The highest BCUT2D eigenvalue weighted by Crippen LogP contribution is 2.33. The average Bonchev–Trinajstić information content (AvgIpc) is 2.69. The van der Waals surface area contributed by atoms with E-state index in [1.165, 1.54) is 12.1 Å². The Labute approximate surface area is 146 Å². The number of halogens is 1. The van der Waals surface area contributed by atoms with Gasteiger partial charge in [0.25, 0.3) is 0 Å². The summed E-state index contributed by atoms with van der Waals surface area (Å²) in [5.74, 6) is -0.245. The highest BCUT2D eigenvalue weighted by atomic mass is 19.1. The van der Waals surface area contributed by atoms with Gasteiger partial charge in [0.2, 0.25) is 0 Å². The molecule has 4 rings (SSSR count). The van der Waals surface area contributed by atoms with Crippen LogP contribution in [0.3, 0.4) is 0 Å². The molecule has 0 aliphatic heterocycles. The van der Waals surface area contributed by atoms with Crippen LogP contribution < -0.4 is 0 Å². The van der Waals surface area contributed by atoms with Crippen molar-refractivity contribution in [1.29, 1.82) is 0 Å². The Morgan fingerprint density at radius 1 is 0.560 bits per heavy atom. The third kappa shape index (κ3) is 3.20. The quantitative estimate of drug-likeness (QED) is 0.435. The smallest absolute Gasteiger partial charge is 0.123 e. The zero-order valence-electron chi connectivity index (χ0n) is 13.6. The molecule has 0 atom stereocenters. The van der Waals surface area contributed by atoms with Crippen LogP contribution in [0.5, 0.6) is 0 Å². The van der Waals surface area contributed by atoms with Gasteiger partial charge in [-0.25, -0.2) is 4.39 Å². The second-order valence-corrected chi connectivity index (χ2v) is 5.86. The molecule has 0 fully saturated rings. The van der Waals surface area contributed by atoms with E-state index in [-0.39, 0.29) is 5.82 Å². The van der Waals surface area contributed by atoms with Crippen molar-refractivity contribution in [3.8, 4) is 33.5 Å². The Kier molecular flexibility index (Phi) is 4.09. The molecular formula is C23H16FN. The number of hydrogen-bond donors (Lipinski definition) is 0. The number of hydrogen-bond acceptors (Lipinski definition) is 1. The van der Waals surface area contributed by atoms with E-state index in [0.29, 0.717) is 0 Å². The summed E-state index contributed by atoms with van der Waals surface area (Å²) in [5, 5.41) is 0. The molecule has 3 aromatic carbocycles. The van der Waals surface area contributed by atoms with Crippen molar-refractivity contribution in [2.75, 3.05) is 0 Å². The Balaban J connectivity index is 1.92. The molecule has 0 amide bonds. The summed E-state index contributed by atoms with van der Waals surface area (Å²) in [5.41, 5.74) is 5.84. The van der Waals surface area contributed by atoms with Gasteiger partial charge in [0.1, 0.15) is 5.82 Å². The van der Waals surface area contributed by atoms with Gasteiger partial charge in [-0.15, -0.1) is 0 Å².